The van der Waals surface area contributed by atoms with Gasteiger partial charge in [0.05, 0.1) is 17.1 Å². The third kappa shape index (κ3) is 4.54. The SMILES string of the molecule is CC.Cc1ccc(-c2nc3c(c(N(C)C)n2)CN(S(=O)c2ccccc2)C3)cc1. The fourth-order valence-corrected chi connectivity index (χ4v) is 4.39. The van der Waals surface area contributed by atoms with E-state index >= 15 is 0 Å². The predicted molar refractivity (Wildman–Crippen MR) is 120 cm³/mol. The van der Waals surface area contributed by atoms with Gasteiger partial charge in [-0.05, 0) is 19.1 Å². The molecule has 2 heterocycles. The summed E-state index contributed by atoms with van der Waals surface area (Å²) < 4.78 is 14.9. The van der Waals surface area contributed by atoms with Gasteiger partial charge >= 0.3 is 0 Å². The van der Waals surface area contributed by atoms with E-state index in [4.69, 9.17) is 9.97 Å². The smallest absolute Gasteiger partial charge is 0.161 e. The Kier molecular flexibility index (Phi) is 6.77. The molecule has 6 heteroatoms. The van der Waals surface area contributed by atoms with Gasteiger partial charge in [0.1, 0.15) is 16.8 Å². The number of hydrogen-bond acceptors (Lipinski definition) is 4. The second-order valence-electron chi connectivity index (χ2n) is 6.92. The van der Waals surface area contributed by atoms with E-state index in [0.29, 0.717) is 18.9 Å². The molecule has 0 aliphatic carbocycles. The zero-order valence-electron chi connectivity index (χ0n) is 17.7. The Bertz CT molecular complexity index is 988. The lowest BCUT2D eigenvalue weighted by molar-refractivity contribution is 0.471. The first-order chi connectivity index (χ1) is 14.0. The summed E-state index contributed by atoms with van der Waals surface area (Å²) in [4.78, 5) is 12.4. The summed E-state index contributed by atoms with van der Waals surface area (Å²) in [7, 11) is 2.76. The first kappa shape index (κ1) is 21.1. The zero-order chi connectivity index (χ0) is 21.0. The van der Waals surface area contributed by atoms with Crippen molar-refractivity contribution in [1.82, 2.24) is 14.3 Å². The molecule has 0 radical (unpaired) electrons. The molecular formula is C23H28N4OS. The Morgan fingerprint density at radius 1 is 0.931 bits per heavy atom. The Morgan fingerprint density at radius 2 is 1.59 bits per heavy atom. The number of anilines is 1. The number of aromatic nitrogens is 2. The van der Waals surface area contributed by atoms with Gasteiger partial charge < -0.3 is 4.90 Å². The highest BCUT2D eigenvalue weighted by atomic mass is 32.2. The van der Waals surface area contributed by atoms with Crippen LogP contribution in [0.3, 0.4) is 0 Å². The molecule has 29 heavy (non-hydrogen) atoms. The van der Waals surface area contributed by atoms with Gasteiger partial charge in [0, 0.05) is 31.8 Å². The molecule has 2 aromatic carbocycles. The fraction of sp³-hybridized carbons (Fsp3) is 0.304. The number of hydrogen-bond donors (Lipinski definition) is 0. The van der Waals surface area contributed by atoms with Gasteiger partial charge in [0.15, 0.2) is 5.82 Å². The van der Waals surface area contributed by atoms with Crippen LogP contribution in [0.1, 0.15) is 30.7 Å². The average molecular weight is 409 g/mol. The van der Waals surface area contributed by atoms with Crippen molar-refractivity contribution in [3.63, 3.8) is 0 Å². The summed E-state index contributed by atoms with van der Waals surface area (Å²) in [6.07, 6.45) is 0. The van der Waals surface area contributed by atoms with Crippen LogP contribution < -0.4 is 4.90 Å². The largest absolute Gasteiger partial charge is 0.362 e. The third-order valence-electron chi connectivity index (χ3n) is 4.64. The van der Waals surface area contributed by atoms with E-state index in [-0.39, 0.29) is 0 Å². The molecule has 0 saturated carbocycles. The van der Waals surface area contributed by atoms with Crippen LogP contribution in [-0.2, 0) is 24.1 Å². The van der Waals surface area contributed by atoms with E-state index in [1.54, 1.807) is 0 Å². The number of rotatable bonds is 4. The number of fused-ring (bicyclic) bond motifs is 1. The molecule has 1 aliphatic rings. The first-order valence-electron chi connectivity index (χ1n) is 9.89. The van der Waals surface area contributed by atoms with E-state index in [2.05, 4.69) is 19.1 Å². The van der Waals surface area contributed by atoms with Crippen LogP contribution in [0.4, 0.5) is 5.82 Å². The van der Waals surface area contributed by atoms with E-state index in [1.165, 1.54) is 5.56 Å². The van der Waals surface area contributed by atoms with Gasteiger partial charge in [-0.1, -0.05) is 61.9 Å². The summed E-state index contributed by atoms with van der Waals surface area (Å²) in [5, 5.41) is 0. The molecule has 3 aromatic rings. The number of benzene rings is 2. The van der Waals surface area contributed by atoms with Crippen LogP contribution in [0, 0.1) is 6.92 Å². The molecule has 0 spiro atoms. The van der Waals surface area contributed by atoms with E-state index in [1.807, 2.05) is 79.6 Å². The van der Waals surface area contributed by atoms with Crippen molar-refractivity contribution in [1.29, 1.82) is 0 Å². The molecule has 152 valence electrons. The molecular weight excluding hydrogens is 380 g/mol. The van der Waals surface area contributed by atoms with Crippen LogP contribution in [-0.4, -0.2) is 32.6 Å². The Labute approximate surface area is 176 Å². The molecule has 1 aliphatic heterocycles. The molecule has 0 bridgehead atoms. The van der Waals surface area contributed by atoms with Crippen molar-refractivity contribution in [2.75, 3.05) is 19.0 Å². The summed E-state index contributed by atoms with van der Waals surface area (Å²) >= 11 is 0. The Hall–Kier alpha value is -2.57. The average Bonchev–Trinajstić information content (AvgIpc) is 3.19. The molecule has 0 N–H and O–H groups in total. The quantitative estimate of drug-likeness (QED) is 0.634. The van der Waals surface area contributed by atoms with Crippen molar-refractivity contribution in [3.05, 3.63) is 71.4 Å². The molecule has 1 atom stereocenters. The normalized spacial score (nSPS) is 14.0. The van der Waals surface area contributed by atoms with Crippen LogP contribution in [0.15, 0.2) is 59.5 Å². The van der Waals surface area contributed by atoms with Crippen molar-refractivity contribution in [3.8, 4) is 11.4 Å². The van der Waals surface area contributed by atoms with Gasteiger partial charge in [-0.25, -0.2) is 18.5 Å². The highest BCUT2D eigenvalue weighted by molar-refractivity contribution is 7.82. The van der Waals surface area contributed by atoms with Gasteiger partial charge in [0.2, 0.25) is 0 Å². The number of nitrogens with zero attached hydrogens (tertiary/aromatic N) is 4. The minimum atomic E-state index is -1.21. The molecule has 1 unspecified atom stereocenters. The minimum Gasteiger partial charge on any atom is -0.362 e. The predicted octanol–water partition coefficient (Wildman–Crippen LogP) is 4.58. The maximum atomic E-state index is 13.0. The first-order valence-corrected chi connectivity index (χ1v) is 11.0. The molecule has 0 fully saturated rings. The van der Waals surface area contributed by atoms with Crippen molar-refractivity contribution < 1.29 is 4.21 Å². The summed E-state index contributed by atoms with van der Waals surface area (Å²) in [5.41, 5.74) is 4.21. The van der Waals surface area contributed by atoms with Crippen molar-refractivity contribution in [2.45, 2.75) is 38.8 Å². The van der Waals surface area contributed by atoms with E-state index in [0.717, 1.165) is 27.5 Å². The lowest BCUT2D eigenvalue weighted by Crippen LogP contribution is -2.20. The molecule has 5 nitrogen and oxygen atoms in total. The highest BCUT2D eigenvalue weighted by Gasteiger charge is 2.30. The second kappa shape index (κ2) is 9.29. The third-order valence-corrected chi connectivity index (χ3v) is 6.05. The van der Waals surface area contributed by atoms with Gasteiger partial charge in [-0.15, -0.1) is 0 Å². The van der Waals surface area contributed by atoms with Gasteiger partial charge in [-0.2, -0.15) is 0 Å². The van der Waals surface area contributed by atoms with E-state index < -0.39 is 11.0 Å². The van der Waals surface area contributed by atoms with Crippen LogP contribution in [0.2, 0.25) is 0 Å². The summed E-state index contributed by atoms with van der Waals surface area (Å²) in [6, 6.07) is 17.8. The molecule has 0 saturated heterocycles. The summed E-state index contributed by atoms with van der Waals surface area (Å²) in [6.45, 7) is 7.20. The Morgan fingerprint density at radius 3 is 2.21 bits per heavy atom. The topological polar surface area (TPSA) is 49.3 Å². The molecule has 0 amide bonds. The maximum Gasteiger partial charge on any atom is 0.161 e. The van der Waals surface area contributed by atoms with Crippen LogP contribution in [0.25, 0.3) is 11.4 Å². The monoisotopic (exact) mass is 408 g/mol. The maximum absolute atomic E-state index is 13.0. The van der Waals surface area contributed by atoms with Crippen LogP contribution >= 0.6 is 0 Å². The van der Waals surface area contributed by atoms with Gasteiger partial charge in [-0.3, -0.25) is 0 Å². The summed E-state index contributed by atoms with van der Waals surface area (Å²) in [5.74, 6) is 1.60. The lowest BCUT2D eigenvalue weighted by atomic mass is 10.1. The lowest BCUT2D eigenvalue weighted by Gasteiger charge is -2.17. The molecule has 4 rings (SSSR count). The second-order valence-corrected chi connectivity index (χ2v) is 8.40. The Balaban J connectivity index is 0.00000117. The number of aryl methyl sites for hydroxylation is 1. The standard InChI is InChI=1S/C21H22N4OS.C2H6/c1-15-9-11-16(12-10-15)20-22-19-14-25(13-18(19)21(23-20)24(2)3)27(26)17-7-5-4-6-8-17;1-2/h4-12H,13-14H2,1-3H3;1-2H3. The van der Waals surface area contributed by atoms with Gasteiger partial charge in [0.25, 0.3) is 0 Å². The van der Waals surface area contributed by atoms with Crippen molar-refractivity contribution in [2.24, 2.45) is 0 Å². The fourth-order valence-electron chi connectivity index (χ4n) is 3.21. The zero-order valence-corrected chi connectivity index (χ0v) is 18.5. The van der Waals surface area contributed by atoms with Crippen molar-refractivity contribution >= 4 is 16.8 Å². The van der Waals surface area contributed by atoms with E-state index in [9.17, 15) is 4.21 Å². The van der Waals surface area contributed by atoms with Crippen LogP contribution in [0.5, 0.6) is 0 Å². The highest BCUT2D eigenvalue weighted by Crippen LogP contribution is 2.32. The minimum absolute atomic E-state index is 0.555. The molecule has 1 aromatic heterocycles.